The fourth-order valence-corrected chi connectivity index (χ4v) is 1.49. The van der Waals surface area contributed by atoms with Crippen molar-refractivity contribution in [3.05, 3.63) is 0 Å². The largest absolute Gasteiger partial charge is 0.303 e. The van der Waals surface area contributed by atoms with Crippen molar-refractivity contribution in [1.29, 1.82) is 0 Å². The minimum Gasteiger partial charge on any atom is -0.303 e. The van der Waals surface area contributed by atoms with Crippen molar-refractivity contribution in [2.75, 3.05) is 0 Å². The lowest BCUT2D eigenvalue weighted by molar-refractivity contribution is -0.108. The second-order valence-corrected chi connectivity index (χ2v) is 3.02. The van der Waals surface area contributed by atoms with Gasteiger partial charge in [0.2, 0.25) is 0 Å². The molecule has 0 amide bonds. The third-order valence-electron chi connectivity index (χ3n) is 2.21. The average molecular weight is 144 g/mol. The molecule has 0 radical (unpaired) electrons. The number of halogens is 1. The van der Waals surface area contributed by atoms with Gasteiger partial charge in [0, 0.05) is 6.42 Å². The van der Waals surface area contributed by atoms with Crippen LogP contribution >= 0.6 is 0 Å². The predicted octanol–water partition coefficient (Wildman–Crippen LogP) is 2.10. The van der Waals surface area contributed by atoms with Crippen LogP contribution in [0.15, 0.2) is 0 Å². The topological polar surface area (TPSA) is 17.1 Å². The zero-order valence-corrected chi connectivity index (χ0v) is 6.05. The molecule has 0 bridgehead atoms. The second kappa shape index (κ2) is 3.69. The van der Waals surface area contributed by atoms with Gasteiger partial charge >= 0.3 is 0 Å². The van der Waals surface area contributed by atoms with Gasteiger partial charge < -0.3 is 4.79 Å². The molecule has 0 aliphatic heterocycles. The minimum absolute atomic E-state index is 0.476. The van der Waals surface area contributed by atoms with Gasteiger partial charge in [-0.2, -0.15) is 0 Å². The van der Waals surface area contributed by atoms with Gasteiger partial charge in [-0.15, -0.1) is 0 Å². The molecule has 1 saturated carbocycles. The summed E-state index contributed by atoms with van der Waals surface area (Å²) in [7, 11) is 0. The van der Waals surface area contributed by atoms with Crippen molar-refractivity contribution in [3.8, 4) is 0 Å². The molecule has 0 aromatic carbocycles. The molecule has 2 heteroatoms. The minimum atomic E-state index is -0.595. The molecule has 10 heavy (non-hydrogen) atoms. The summed E-state index contributed by atoms with van der Waals surface area (Å²) in [4.78, 5) is 10.1. The van der Waals surface area contributed by atoms with Crippen LogP contribution in [0.5, 0.6) is 0 Å². The van der Waals surface area contributed by atoms with Gasteiger partial charge in [-0.05, 0) is 31.6 Å². The van der Waals surface area contributed by atoms with Crippen molar-refractivity contribution in [3.63, 3.8) is 0 Å². The van der Waals surface area contributed by atoms with Crippen LogP contribution in [0.1, 0.15) is 32.1 Å². The smallest absolute Gasteiger partial charge is 0.120 e. The predicted molar refractivity (Wildman–Crippen MR) is 37.5 cm³/mol. The molecular formula is C8H13FO. The van der Waals surface area contributed by atoms with E-state index in [0.717, 1.165) is 19.1 Å². The van der Waals surface area contributed by atoms with E-state index in [1.165, 1.54) is 0 Å². The highest BCUT2D eigenvalue weighted by Crippen LogP contribution is 2.27. The van der Waals surface area contributed by atoms with E-state index in [0.29, 0.717) is 25.2 Å². The molecule has 1 aliphatic carbocycles. The van der Waals surface area contributed by atoms with E-state index >= 15 is 0 Å². The van der Waals surface area contributed by atoms with E-state index in [9.17, 15) is 9.18 Å². The van der Waals surface area contributed by atoms with Crippen molar-refractivity contribution < 1.29 is 9.18 Å². The third kappa shape index (κ3) is 2.09. The quantitative estimate of drug-likeness (QED) is 0.542. The SMILES string of the molecule is O=CCC1CCC(F)CC1. The summed E-state index contributed by atoms with van der Waals surface area (Å²) in [5.41, 5.74) is 0. The number of carbonyl (C=O) groups excluding carboxylic acids is 1. The molecule has 1 rings (SSSR count). The lowest BCUT2D eigenvalue weighted by Gasteiger charge is -2.21. The Morgan fingerprint density at radius 2 is 1.90 bits per heavy atom. The van der Waals surface area contributed by atoms with Crippen LogP contribution in [-0.2, 0) is 4.79 Å². The molecule has 0 spiro atoms. The van der Waals surface area contributed by atoms with Crippen LogP contribution in [0.3, 0.4) is 0 Å². The van der Waals surface area contributed by atoms with Crippen molar-refractivity contribution in [2.24, 2.45) is 5.92 Å². The zero-order chi connectivity index (χ0) is 7.40. The van der Waals surface area contributed by atoms with Gasteiger partial charge in [0.15, 0.2) is 0 Å². The maximum Gasteiger partial charge on any atom is 0.120 e. The summed E-state index contributed by atoms with van der Waals surface area (Å²) in [6.45, 7) is 0. The van der Waals surface area contributed by atoms with Crippen LogP contribution in [-0.4, -0.2) is 12.5 Å². The van der Waals surface area contributed by atoms with E-state index in [1.54, 1.807) is 0 Å². The summed E-state index contributed by atoms with van der Waals surface area (Å²) >= 11 is 0. The third-order valence-corrected chi connectivity index (χ3v) is 2.21. The molecule has 0 N–H and O–H groups in total. The first-order chi connectivity index (χ1) is 4.83. The molecule has 0 heterocycles. The lowest BCUT2D eigenvalue weighted by Crippen LogP contribution is -2.15. The van der Waals surface area contributed by atoms with E-state index in [4.69, 9.17) is 0 Å². The molecule has 0 aromatic heterocycles. The number of rotatable bonds is 2. The highest BCUT2D eigenvalue weighted by Gasteiger charge is 2.19. The summed E-state index contributed by atoms with van der Waals surface area (Å²) < 4.78 is 12.5. The fraction of sp³-hybridized carbons (Fsp3) is 0.875. The number of aldehydes is 1. The van der Waals surface area contributed by atoms with Gasteiger partial charge in [0.05, 0.1) is 0 Å². The van der Waals surface area contributed by atoms with Crippen LogP contribution in [0.4, 0.5) is 4.39 Å². The molecular weight excluding hydrogens is 131 g/mol. The Morgan fingerprint density at radius 1 is 1.30 bits per heavy atom. The molecule has 1 nitrogen and oxygen atoms in total. The van der Waals surface area contributed by atoms with Gasteiger partial charge in [-0.3, -0.25) is 0 Å². The Hall–Kier alpha value is -0.400. The van der Waals surface area contributed by atoms with E-state index in [-0.39, 0.29) is 0 Å². The highest BCUT2D eigenvalue weighted by molar-refractivity contribution is 5.49. The Morgan fingerprint density at radius 3 is 2.40 bits per heavy atom. The number of hydrogen-bond donors (Lipinski definition) is 0. The normalized spacial score (nSPS) is 33.7. The Bertz CT molecular complexity index is 106. The number of hydrogen-bond acceptors (Lipinski definition) is 1. The Kier molecular flexibility index (Phi) is 2.84. The first kappa shape index (κ1) is 7.70. The Balaban J connectivity index is 2.19. The van der Waals surface area contributed by atoms with Gasteiger partial charge in [0.25, 0.3) is 0 Å². The molecule has 58 valence electrons. The number of alkyl halides is 1. The zero-order valence-electron chi connectivity index (χ0n) is 6.05. The van der Waals surface area contributed by atoms with Gasteiger partial charge in [0.1, 0.15) is 12.5 Å². The molecule has 0 unspecified atom stereocenters. The maximum absolute atomic E-state index is 12.5. The van der Waals surface area contributed by atoms with Crippen molar-refractivity contribution in [2.45, 2.75) is 38.3 Å². The highest BCUT2D eigenvalue weighted by atomic mass is 19.1. The van der Waals surface area contributed by atoms with Crippen LogP contribution in [0, 0.1) is 5.92 Å². The molecule has 1 aliphatic rings. The second-order valence-electron chi connectivity index (χ2n) is 3.02. The average Bonchev–Trinajstić information content (AvgIpc) is 1.95. The van der Waals surface area contributed by atoms with Crippen LogP contribution < -0.4 is 0 Å². The fourth-order valence-electron chi connectivity index (χ4n) is 1.49. The molecule has 0 atom stereocenters. The van der Waals surface area contributed by atoms with Crippen LogP contribution in [0.25, 0.3) is 0 Å². The van der Waals surface area contributed by atoms with Crippen molar-refractivity contribution in [1.82, 2.24) is 0 Å². The first-order valence-electron chi connectivity index (χ1n) is 3.90. The van der Waals surface area contributed by atoms with Gasteiger partial charge in [-0.1, -0.05) is 0 Å². The van der Waals surface area contributed by atoms with Crippen molar-refractivity contribution >= 4 is 6.29 Å². The van der Waals surface area contributed by atoms with E-state index < -0.39 is 6.17 Å². The summed E-state index contributed by atoms with van der Waals surface area (Å²) in [5.74, 6) is 0.476. The van der Waals surface area contributed by atoms with E-state index in [1.807, 2.05) is 0 Å². The summed E-state index contributed by atoms with van der Waals surface area (Å²) in [6, 6.07) is 0. The Labute approximate surface area is 60.6 Å². The first-order valence-corrected chi connectivity index (χ1v) is 3.90. The number of carbonyl (C=O) groups is 1. The molecule has 0 saturated heterocycles. The molecule has 1 fully saturated rings. The summed E-state index contributed by atoms with van der Waals surface area (Å²) in [6.07, 6.45) is 4.12. The van der Waals surface area contributed by atoms with Gasteiger partial charge in [-0.25, -0.2) is 4.39 Å². The molecule has 0 aromatic rings. The van der Waals surface area contributed by atoms with E-state index in [2.05, 4.69) is 0 Å². The standard InChI is InChI=1S/C8H13FO/c9-8-3-1-7(2-4-8)5-6-10/h6-8H,1-5H2. The maximum atomic E-state index is 12.5. The lowest BCUT2D eigenvalue weighted by atomic mass is 9.86. The monoisotopic (exact) mass is 144 g/mol. The summed E-state index contributed by atoms with van der Waals surface area (Å²) in [5, 5.41) is 0. The van der Waals surface area contributed by atoms with Crippen LogP contribution in [0.2, 0.25) is 0 Å².